The number of carbonyl (C=O) groups is 1. The highest BCUT2D eigenvalue weighted by atomic mass is 35.5. The van der Waals surface area contributed by atoms with Crippen LogP contribution in [0.1, 0.15) is 33.6 Å². The van der Waals surface area contributed by atoms with Crippen LogP contribution < -0.4 is 11.1 Å². The number of amides is 1. The summed E-state index contributed by atoms with van der Waals surface area (Å²) >= 11 is 0. The van der Waals surface area contributed by atoms with E-state index >= 15 is 0 Å². The Labute approximate surface area is 85.9 Å². The number of hydrogen-bond donors (Lipinski definition) is 2. The van der Waals surface area contributed by atoms with Crippen LogP contribution in [0.5, 0.6) is 0 Å². The third kappa shape index (κ3) is 3.16. The van der Waals surface area contributed by atoms with E-state index in [1.165, 1.54) is 0 Å². The Morgan fingerprint density at radius 3 is 2.38 bits per heavy atom. The highest BCUT2D eigenvalue weighted by Crippen LogP contribution is 2.25. The van der Waals surface area contributed by atoms with Crippen molar-refractivity contribution < 1.29 is 4.79 Å². The summed E-state index contributed by atoms with van der Waals surface area (Å²) in [6.45, 7) is 6.30. The molecular formula is C9H19ClN2O. The average Bonchev–Trinajstić information content (AvgIpc) is 1.92. The van der Waals surface area contributed by atoms with Gasteiger partial charge >= 0.3 is 0 Å². The van der Waals surface area contributed by atoms with Gasteiger partial charge in [0.1, 0.15) is 0 Å². The number of piperidine rings is 1. The van der Waals surface area contributed by atoms with Crippen molar-refractivity contribution >= 4 is 18.3 Å². The Bertz CT molecular complexity index is 189. The van der Waals surface area contributed by atoms with Crippen LogP contribution in [0.2, 0.25) is 0 Å². The van der Waals surface area contributed by atoms with Gasteiger partial charge in [-0.2, -0.15) is 0 Å². The lowest BCUT2D eigenvalue weighted by Gasteiger charge is -2.38. The molecular weight excluding hydrogens is 188 g/mol. The minimum Gasteiger partial charge on any atom is -0.351 e. The van der Waals surface area contributed by atoms with Gasteiger partial charge in [0.05, 0.1) is 0 Å². The molecule has 1 heterocycles. The Hall–Kier alpha value is -0.280. The predicted molar refractivity (Wildman–Crippen MR) is 55.8 cm³/mol. The molecule has 1 aliphatic heterocycles. The molecule has 1 aliphatic rings. The predicted octanol–water partition coefficient (Wildman–Crippen LogP) is 1.06. The molecule has 0 spiro atoms. The van der Waals surface area contributed by atoms with Crippen LogP contribution in [-0.4, -0.2) is 18.0 Å². The number of carbonyl (C=O) groups excluding carboxylic acids is 1. The summed E-state index contributed by atoms with van der Waals surface area (Å²) in [4.78, 5) is 11.1. The van der Waals surface area contributed by atoms with E-state index < -0.39 is 0 Å². The zero-order chi connectivity index (χ0) is 9.35. The molecule has 4 heteroatoms. The maximum Gasteiger partial charge on any atom is 0.220 e. The summed E-state index contributed by atoms with van der Waals surface area (Å²) in [6, 6.07) is 0.237. The van der Waals surface area contributed by atoms with Crippen LogP contribution in [0, 0.1) is 5.41 Å². The van der Waals surface area contributed by atoms with Crippen molar-refractivity contribution in [3.63, 3.8) is 0 Å². The summed E-state index contributed by atoms with van der Waals surface area (Å²) in [5, 5.41) is 2.94. The van der Waals surface area contributed by atoms with Crippen LogP contribution >= 0.6 is 12.4 Å². The van der Waals surface area contributed by atoms with E-state index in [2.05, 4.69) is 26.1 Å². The lowest BCUT2D eigenvalue weighted by atomic mass is 9.79. The van der Waals surface area contributed by atoms with Crippen LogP contribution in [0.15, 0.2) is 0 Å². The topological polar surface area (TPSA) is 55.1 Å². The molecule has 3 N–H and O–H groups in total. The maximum absolute atomic E-state index is 11.1. The molecule has 0 aliphatic carbocycles. The van der Waals surface area contributed by atoms with Crippen molar-refractivity contribution in [1.29, 1.82) is 0 Å². The highest BCUT2D eigenvalue weighted by Gasteiger charge is 2.34. The molecule has 3 nitrogen and oxygen atoms in total. The molecule has 0 aromatic heterocycles. The Morgan fingerprint density at radius 2 is 2.00 bits per heavy atom. The van der Waals surface area contributed by atoms with Gasteiger partial charge < -0.3 is 11.1 Å². The van der Waals surface area contributed by atoms with E-state index in [-0.39, 0.29) is 35.8 Å². The molecule has 0 aromatic rings. The minimum absolute atomic E-state index is 0. The van der Waals surface area contributed by atoms with Gasteiger partial charge in [0.2, 0.25) is 5.91 Å². The average molecular weight is 207 g/mol. The van der Waals surface area contributed by atoms with Crippen LogP contribution in [0.4, 0.5) is 0 Å². The SMILES string of the molecule is CC(C)(C)C1NC(=O)CCC1N.Cl. The molecule has 13 heavy (non-hydrogen) atoms. The van der Waals surface area contributed by atoms with E-state index in [1.54, 1.807) is 0 Å². The molecule has 78 valence electrons. The fourth-order valence-corrected chi connectivity index (χ4v) is 1.68. The number of halogens is 1. The van der Waals surface area contributed by atoms with E-state index in [0.717, 1.165) is 6.42 Å². The van der Waals surface area contributed by atoms with Gasteiger partial charge in [-0.3, -0.25) is 4.79 Å². The molecule has 1 fully saturated rings. The van der Waals surface area contributed by atoms with Gasteiger partial charge in [-0.1, -0.05) is 20.8 Å². The monoisotopic (exact) mass is 206 g/mol. The normalized spacial score (nSPS) is 29.1. The van der Waals surface area contributed by atoms with Crippen molar-refractivity contribution in [3.05, 3.63) is 0 Å². The van der Waals surface area contributed by atoms with Gasteiger partial charge in [0, 0.05) is 18.5 Å². The van der Waals surface area contributed by atoms with Crippen molar-refractivity contribution in [2.45, 2.75) is 45.7 Å². The van der Waals surface area contributed by atoms with Gasteiger partial charge in [0.25, 0.3) is 0 Å². The lowest BCUT2D eigenvalue weighted by Crippen LogP contribution is -2.57. The van der Waals surface area contributed by atoms with E-state index in [4.69, 9.17) is 5.73 Å². The zero-order valence-electron chi connectivity index (χ0n) is 8.46. The van der Waals surface area contributed by atoms with Gasteiger partial charge in [0.15, 0.2) is 0 Å². The quantitative estimate of drug-likeness (QED) is 0.623. The summed E-state index contributed by atoms with van der Waals surface area (Å²) in [7, 11) is 0. The first-order valence-electron chi connectivity index (χ1n) is 4.46. The van der Waals surface area contributed by atoms with Crippen molar-refractivity contribution in [3.8, 4) is 0 Å². The molecule has 0 aromatic carbocycles. The maximum atomic E-state index is 11.1. The van der Waals surface area contributed by atoms with E-state index in [9.17, 15) is 4.79 Å². The summed E-state index contributed by atoms with van der Waals surface area (Å²) in [5.74, 6) is 0.136. The largest absolute Gasteiger partial charge is 0.351 e. The van der Waals surface area contributed by atoms with Crippen molar-refractivity contribution in [2.24, 2.45) is 11.1 Å². The van der Waals surface area contributed by atoms with E-state index in [0.29, 0.717) is 6.42 Å². The van der Waals surface area contributed by atoms with Gasteiger partial charge in [-0.05, 0) is 11.8 Å². The molecule has 0 saturated carbocycles. The number of nitrogens with one attached hydrogen (secondary N) is 1. The Morgan fingerprint density at radius 1 is 1.46 bits per heavy atom. The molecule has 2 unspecified atom stereocenters. The second-order valence-electron chi connectivity index (χ2n) is 4.61. The zero-order valence-corrected chi connectivity index (χ0v) is 9.28. The standard InChI is InChI=1S/C9H18N2O.ClH/c1-9(2,3)8-6(10)4-5-7(12)11-8;/h6,8H,4-5,10H2,1-3H3,(H,11,12);1H. The molecule has 0 radical (unpaired) electrons. The van der Waals surface area contributed by atoms with Crippen molar-refractivity contribution in [1.82, 2.24) is 5.32 Å². The van der Waals surface area contributed by atoms with Gasteiger partial charge in [-0.25, -0.2) is 0 Å². The molecule has 0 bridgehead atoms. The van der Waals surface area contributed by atoms with Crippen molar-refractivity contribution in [2.75, 3.05) is 0 Å². The Kier molecular flexibility index (Phi) is 4.20. The lowest BCUT2D eigenvalue weighted by molar-refractivity contribution is -0.124. The van der Waals surface area contributed by atoms with Crippen LogP contribution in [0.25, 0.3) is 0 Å². The fraction of sp³-hybridized carbons (Fsp3) is 0.889. The molecule has 1 rings (SSSR count). The second kappa shape index (κ2) is 4.29. The van der Waals surface area contributed by atoms with Gasteiger partial charge in [-0.15, -0.1) is 12.4 Å². The number of hydrogen-bond acceptors (Lipinski definition) is 2. The minimum atomic E-state index is 0. The summed E-state index contributed by atoms with van der Waals surface area (Å²) < 4.78 is 0. The smallest absolute Gasteiger partial charge is 0.220 e. The number of nitrogens with two attached hydrogens (primary N) is 1. The number of rotatable bonds is 0. The first kappa shape index (κ1) is 12.7. The Balaban J connectivity index is 0.00000144. The molecule has 1 amide bonds. The summed E-state index contributed by atoms with van der Waals surface area (Å²) in [5.41, 5.74) is 5.98. The molecule has 1 saturated heterocycles. The van der Waals surface area contributed by atoms with Crippen LogP contribution in [-0.2, 0) is 4.79 Å². The van der Waals surface area contributed by atoms with E-state index in [1.807, 2.05) is 0 Å². The highest BCUT2D eigenvalue weighted by molar-refractivity contribution is 5.85. The first-order chi connectivity index (χ1) is 5.41. The third-order valence-electron chi connectivity index (χ3n) is 2.38. The fourth-order valence-electron chi connectivity index (χ4n) is 1.68. The second-order valence-corrected chi connectivity index (χ2v) is 4.61. The molecule has 2 atom stereocenters. The summed E-state index contributed by atoms with van der Waals surface area (Å²) in [6.07, 6.45) is 1.39. The third-order valence-corrected chi connectivity index (χ3v) is 2.38. The van der Waals surface area contributed by atoms with Crippen LogP contribution in [0.3, 0.4) is 0 Å². The first-order valence-corrected chi connectivity index (χ1v) is 4.46.